The summed E-state index contributed by atoms with van der Waals surface area (Å²) in [5.41, 5.74) is 3.68. The van der Waals surface area contributed by atoms with Gasteiger partial charge in [0, 0.05) is 18.9 Å². The monoisotopic (exact) mass is 427 g/mol. The number of esters is 1. The van der Waals surface area contributed by atoms with E-state index in [2.05, 4.69) is 0 Å². The molecular weight excluding hydrogens is 399 g/mol. The van der Waals surface area contributed by atoms with Gasteiger partial charge in [0.15, 0.2) is 0 Å². The number of nitrogens with zero attached hydrogens (tertiary/aromatic N) is 2. The summed E-state index contributed by atoms with van der Waals surface area (Å²) in [5, 5.41) is 0. The van der Waals surface area contributed by atoms with Crippen LogP contribution in [0.4, 0.5) is 13.2 Å². The fourth-order valence-electron chi connectivity index (χ4n) is 3.10. The molecule has 2 aromatic rings. The van der Waals surface area contributed by atoms with Gasteiger partial charge in [-0.05, 0) is 57.9 Å². The summed E-state index contributed by atoms with van der Waals surface area (Å²) in [5.74, 6) is -0.604. The van der Waals surface area contributed by atoms with Crippen LogP contribution >= 0.6 is 0 Å². The lowest BCUT2D eigenvalue weighted by atomic mass is 10.0. The fraction of sp³-hybridized carbons (Fsp3) is 0.524. The quantitative estimate of drug-likeness (QED) is 0.514. The van der Waals surface area contributed by atoms with Gasteiger partial charge in [-0.3, -0.25) is 13.9 Å². The predicted octanol–water partition coefficient (Wildman–Crippen LogP) is 3.73. The molecule has 0 saturated carbocycles. The molecule has 6 nitrogen and oxygen atoms in total. The highest BCUT2D eigenvalue weighted by molar-refractivity contribution is 5.71. The molecule has 0 aliphatic heterocycles. The Hall–Kier alpha value is -2.55. The predicted molar refractivity (Wildman–Crippen MR) is 107 cm³/mol. The van der Waals surface area contributed by atoms with E-state index in [1.165, 1.54) is 27.5 Å². The Morgan fingerprint density at radius 3 is 2.47 bits per heavy atom. The Morgan fingerprint density at radius 1 is 1.17 bits per heavy atom. The molecule has 1 aromatic heterocycles. The summed E-state index contributed by atoms with van der Waals surface area (Å²) < 4.78 is 47.7. The van der Waals surface area contributed by atoms with Crippen molar-refractivity contribution in [2.24, 2.45) is 5.73 Å². The minimum Gasteiger partial charge on any atom is -0.460 e. The molecule has 0 radical (unpaired) electrons. The lowest BCUT2D eigenvalue weighted by Gasteiger charge is -2.23. The third-order valence-electron chi connectivity index (χ3n) is 4.44. The zero-order valence-electron chi connectivity index (χ0n) is 17.4. The molecule has 1 atom stereocenters. The first-order valence-electron chi connectivity index (χ1n) is 9.78. The fourth-order valence-corrected chi connectivity index (χ4v) is 3.10. The second-order valence-corrected chi connectivity index (χ2v) is 8.11. The molecule has 1 aromatic carbocycles. The highest BCUT2D eigenvalue weighted by Crippen LogP contribution is 2.32. The Labute approximate surface area is 173 Å². The average Bonchev–Trinajstić information content (AvgIpc) is 2.98. The molecule has 9 heteroatoms. The van der Waals surface area contributed by atoms with Gasteiger partial charge in [-0.2, -0.15) is 13.2 Å². The standard InChI is InChI=1S/C21H28F3N3O3/c1-20(2,3)30-18(28)14-17(15-7-6-8-16(13-15)21(22,23)24)27-12-11-26(19(27)29)10-5-4-9-25/h6-8,11-13,17H,4-5,9-10,14,25H2,1-3H3. The number of carbonyl (C=O) groups excluding carboxylic acids is 1. The van der Waals surface area contributed by atoms with Gasteiger partial charge in [0.1, 0.15) is 5.60 Å². The van der Waals surface area contributed by atoms with Crippen molar-refractivity contribution < 1.29 is 22.7 Å². The van der Waals surface area contributed by atoms with Crippen molar-refractivity contribution in [1.29, 1.82) is 0 Å². The number of hydrogen-bond acceptors (Lipinski definition) is 4. The van der Waals surface area contributed by atoms with Crippen LogP contribution in [0, 0.1) is 0 Å². The van der Waals surface area contributed by atoms with E-state index in [0.29, 0.717) is 19.5 Å². The van der Waals surface area contributed by atoms with E-state index in [0.717, 1.165) is 18.6 Å². The van der Waals surface area contributed by atoms with Crippen LogP contribution in [0.3, 0.4) is 0 Å². The molecule has 166 valence electrons. The van der Waals surface area contributed by atoms with Crippen LogP contribution in [0.25, 0.3) is 0 Å². The normalized spacial score (nSPS) is 13.3. The third kappa shape index (κ3) is 6.48. The highest BCUT2D eigenvalue weighted by atomic mass is 19.4. The number of unbranched alkanes of at least 4 members (excludes halogenated alkanes) is 1. The minimum absolute atomic E-state index is 0.206. The van der Waals surface area contributed by atoms with Crippen molar-refractivity contribution in [3.8, 4) is 0 Å². The van der Waals surface area contributed by atoms with E-state index in [1.807, 2.05) is 0 Å². The SMILES string of the molecule is CC(C)(C)OC(=O)CC(c1cccc(C(F)(F)F)c1)n1ccn(CCCCN)c1=O. The summed E-state index contributed by atoms with van der Waals surface area (Å²) in [6.45, 7) is 6.03. The molecule has 2 N–H and O–H groups in total. The van der Waals surface area contributed by atoms with Crippen molar-refractivity contribution in [2.75, 3.05) is 6.54 Å². The molecule has 0 aliphatic carbocycles. The van der Waals surface area contributed by atoms with Gasteiger partial charge in [-0.25, -0.2) is 4.79 Å². The number of benzene rings is 1. The molecule has 1 unspecified atom stereocenters. The maximum atomic E-state index is 13.2. The van der Waals surface area contributed by atoms with Gasteiger partial charge in [-0.15, -0.1) is 0 Å². The summed E-state index contributed by atoms with van der Waals surface area (Å²) >= 11 is 0. The van der Waals surface area contributed by atoms with Crippen molar-refractivity contribution in [3.05, 3.63) is 58.3 Å². The number of carbonyl (C=O) groups is 1. The Bertz CT molecular complexity index is 910. The zero-order chi connectivity index (χ0) is 22.5. The molecule has 0 aliphatic rings. The number of nitrogens with two attached hydrogens (primary N) is 1. The van der Waals surface area contributed by atoms with Gasteiger partial charge in [0.2, 0.25) is 0 Å². The average molecular weight is 427 g/mol. The van der Waals surface area contributed by atoms with E-state index in [4.69, 9.17) is 10.5 Å². The van der Waals surface area contributed by atoms with E-state index in [9.17, 15) is 22.8 Å². The first kappa shape index (κ1) is 23.7. The molecule has 0 bridgehead atoms. The van der Waals surface area contributed by atoms with Gasteiger partial charge in [-0.1, -0.05) is 12.1 Å². The van der Waals surface area contributed by atoms with Crippen molar-refractivity contribution in [2.45, 2.75) is 64.4 Å². The van der Waals surface area contributed by atoms with E-state index >= 15 is 0 Å². The zero-order valence-corrected chi connectivity index (χ0v) is 17.4. The van der Waals surface area contributed by atoms with Crippen LogP contribution in [0.2, 0.25) is 0 Å². The number of ether oxygens (including phenoxy) is 1. The first-order chi connectivity index (χ1) is 13.9. The topological polar surface area (TPSA) is 79.2 Å². The summed E-state index contributed by atoms with van der Waals surface area (Å²) in [4.78, 5) is 25.3. The number of imidazole rings is 1. The number of aromatic nitrogens is 2. The van der Waals surface area contributed by atoms with Gasteiger partial charge in [0.05, 0.1) is 18.0 Å². The van der Waals surface area contributed by atoms with Crippen molar-refractivity contribution in [3.63, 3.8) is 0 Å². The maximum Gasteiger partial charge on any atom is 0.416 e. The van der Waals surface area contributed by atoms with Crippen LogP contribution in [0.15, 0.2) is 41.5 Å². The molecule has 30 heavy (non-hydrogen) atoms. The van der Waals surface area contributed by atoms with E-state index < -0.39 is 35.0 Å². The number of alkyl halides is 3. The first-order valence-corrected chi connectivity index (χ1v) is 9.78. The van der Waals surface area contributed by atoms with Crippen LogP contribution in [0.1, 0.15) is 57.2 Å². The van der Waals surface area contributed by atoms with E-state index in [1.54, 1.807) is 27.0 Å². The van der Waals surface area contributed by atoms with Crippen LogP contribution in [-0.2, 0) is 22.3 Å². The summed E-state index contributed by atoms with van der Waals surface area (Å²) in [6.07, 6.45) is -0.321. The molecule has 1 heterocycles. The molecule has 0 amide bonds. The minimum atomic E-state index is -4.54. The third-order valence-corrected chi connectivity index (χ3v) is 4.44. The number of hydrogen-bond donors (Lipinski definition) is 1. The lowest BCUT2D eigenvalue weighted by molar-refractivity contribution is -0.155. The van der Waals surface area contributed by atoms with Gasteiger partial charge >= 0.3 is 17.8 Å². The molecule has 2 rings (SSSR count). The van der Waals surface area contributed by atoms with Crippen LogP contribution < -0.4 is 11.4 Å². The number of aryl methyl sites for hydroxylation is 1. The van der Waals surface area contributed by atoms with Gasteiger partial charge < -0.3 is 10.5 Å². The molecule has 0 saturated heterocycles. The maximum absolute atomic E-state index is 13.2. The Kier molecular flexibility index (Phi) is 7.52. The number of halogens is 3. The van der Waals surface area contributed by atoms with Crippen molar-refractivity contribution >= 4 is 5.97 Å². The Balaban J connectivity index is 2.43. The smallest absolute Gasteiger partial charge is 0.416 e. The van der Waals surface area contributed by atoms with E-state index in [-0.39, 0.29) is 12.0 Å². The van der Waals surface area contributed by atoms with Gasteiger partial charge in [0.25, 0.3) is 0 Å². The largest absolute Gasteiger partial charge is 0.460 e. The second-order valence-electron chi connectivity index (χ2n) is 8.11. The summed E-state index contributed by atoms with van der Waals surface area (Å²) in [7, 11) is 0. The second kappa shape index (κ2) is 9.51. The molecular formula is C21H28F3N3O3. The van der Waals surface area contributed by atoms with Crippen molar-refractivity contribution in [1.82, 2.24) is 9.13 Å². The lowest BCUT2D eigenvalue weighted by Crippen LogP contribution is -2.31. The van der Waals surface area contributed by atoms with Crippen LogP contribution in [0.5, 0.6) is 0 Å². The molecule has 0 fully saturated rings. The van der Waals surface area contributed by atoms with Crippen LogP contribution in [-0.4, -0.2) is 27.2 Å². The molecule has 0 spiro atoms. The summed E-state index contributed by atoms with van der Waals surface area (Å²) in [6, 6.07) is 3.74. The Morgan fingerprint density at radius 2 is 1.87 bits per heavy atom. The number of rotatable bonds is 8. The highest BCUT2D eigenvalue weighted by Gasteiger charge is 2.32.